The smallest absolute Gasteiger partial charge is 0.129 e. The molecule has 1 unspecified atom stereocenters. The molecule has 1 aliphatic rings. The highest BCUT2D eigenvalue weighted by atomic mass is 35.5. The van der Waals surface area contributed by atoms with Crippen LogP contribution in [0.15, 0.2) is 42.6 Å². The van der Waals surface area contributed by atoms with Crippen LogP contribution in [0.5, 0.6) is 0 Å². The van der Waals surface area contributed by atoms with Crippen molar-refractivity contribution in [1.29, 1.82) is 0 Å². The second-order valence-electron chi connectivity index (χ2n) is 6.30. The summed E-state index contributed by atoms with van der Waals surface area (Å²) in [6.07, 6.45) is 5.15. The second-order valence-corrected chi connectivity index (χ2v) is 6.73. The monoisotopic (exact) mass is 383 g/mol. The topological polar surface area (TPSA) is 28.2 Å². The van der Waals surface area contributed by atoms with Crippen molar-refractivity contribution < 1.29 is 4.39 Å². The average molecular weight is 384 g/mol. The Morgan fingerprint density at radius 3 is 2.80 bits per heavy atom. The molecule has 0 amide bonds. The molecule has 3 nitrogen and oxygen atoms in total. The van der Waals surface area contributed by atoms with E-state index in [2.05, 4.69) is 15.2 Å². The normalized spacial score (nSPS) is 17.8. The Balaban J connectivity index is 0.00000225. The molecule has 2 heterocycles. The molecule has 1 aliphatic heterocycles. The maximum atomic E-state index is 14.3. The molecule has 1 N–H and O–H groups in total. The van der Waals surface area contributed by atoms with Gasteiger partial charge in [-0.15, -0.1) is 12.4 Å². The number of rotatable bonds is 5. The third-order valence-corrected chi connectivity index (χ3v) is 4.78. The molecule has 3 rings (SSSR count). The number of hydrogen-bond acceptors (Lipinski definition) is 3. The molecule has 25 heavy (non-hydrogen) atoms. The molecule has 6 heteroatoms. The van der Waals surface area contributed by atoms with Crippen LogP contribution in [0.25, 0.3) is 0 Å². The molecule has 2 aromatic rings. The molecule has 1 atom stereocenters. The Morgan fingerprint density at radius 1 is 1.16 bits per heavy atom. The maximum Gasteiger partial charge on any atom is 0.129 e. The molecule has 1 aromatic heterocycles. The van der Waals surface area contributed by atoms with Gasteiger partial charge in [0.1, 0.15) is 5.82 Å². The molecule has 0 spiro atoms. The number of benzene rings is 1. The molecule has 0 aliphatic carbocycles. The van der Waals surface area contributed by atoms with Gasteiger partial charge in [0.15, 0.2) is 0 Å². The van der Waals surface area contributed by atoms with Crippen LogP contribution in [0.3, 0.4) is 0 Å². The van der Waals surface area contributed by atoms with E-state index in [4.69, 9.17) is 11.6 Å². The Hall–Kier alpha value is -1.20. The summed E-state index contributed by atoms with van der Waals surface area (Å²) in [5, 5.41) is 3.88. The van der Waals surface area contributed by atoms with Crippen molar-refractivity contribution in [2.75, 3.05) is 13.1 Å². The highest BCUT2D eigenvalue weighted by Gasteiger charge is 2.22. The van der Waals surface area contributed by atoms with Gasteiger partial charge in [-0.25, -0.2) is 4.39 Å². The minimum absolute atomic E-state index is 0. The van der Waals surface area contributed by atoms with Crippen molar-refractivity contribution in [2.45, 2.75) is 38.4 Å². The fourth-order valence-corrected chi connectivity index (χ4v) is 3.41. The van der Waals surface area contributed by atoms with Gasteiger partial charge in [0.2, 0.25) is 0 Å². The van der Waals surface area contributed by atoms with Crippen LogP contribution in [0.4, 0.5) is 4.39 Å². The Kier molecular flexibility index (Phi) is 8.10. The summed E-state index contributed by atoms with van der Waals surface area (Å²) in [6, 6.07) is 11.3. The zero-order valence-electron chi connectivity index (χ0n) is 14.1. The number of nitrogens with zero attached hydrogens (tertiary/aromatic N) is 2. The highest BCUT2D eigenvalue weighted by molar-refractivity contribution is 6.30. The summed E-state index contributed by atoms with van der Waals surface area (Å²) in [4.78, 5) is 6.79. The molecule has 0 bridgehead atoms. The van der Waals surface area contributed by atoms with Gasteiger partial charge >= 0.3 is 0 Å². The fourth-order valence-electron chi connectivity index (χ4n) is 3.25. The number of nitrogens with one attached hydrogen (secondary N) is 1. The first-order valence-electron chi connectivity index (χ1n) is 8.51. The molecular weight excluding hydrogens is 360 g/mol. The van der Waals surface area contributed by atoms with E-state index in [-0.39, 0.29) is 18.2 Å². The minimum Gasteiger partial charge on any atom is -0.317 e. The quantitative estimate of drug-likeness (QED) is 0.826. The van der Waals surface area contributed by atoms with Crippen LogP contribution in [-0.4, -0.2) is 29.0 Å². The van der Waals surface area contributed by atoms with Crippen molar-refractivity contribution in [3.8, 4) is 0 Å². The Labute approximate surface area is 160 Å². The lowest BCUT2D eigenvalue weighted by atomic mass is 10.1. The van der Waals surface area contributed by atoms with Gasteiger partial charge in [0.05, 0.1) is 5.69 Å². The van der Waals surface area contributed by atoms with E-state index < -0.39 is 0 Å². The van der Waals surface area contributed by atoms with Crippen LogP contribution in [-0.2, 0) is 13.1 Å². The number of halogens is 3. The summed E-state index contributed by atoms with van der Waals surface area (Å²) in [6.45, 7) is 3.37. The first-order chi connectivity index (χ1) is 11.7. The third-order valence-electron chi connectivity index (χ3n) is 4.54. The zero-order chi connectivity index (χ0) is 16.8. The van der Waals surface area contributed by atoms with E-state index in [0.29, 0.717) is 23.2 Å². The lowest BCUT2D eigenvalue weighted by Gasteiger charge is -2.31. The van der Waals surface area contributed by atoms with Crippen molar-refractivity contribution in [3.05, 3.63) is 64.7 Å². The van der Waals surface area contributed by atoms with Gasteiger partial charge in [-0.3, -0.25) is 9.88 Å². The largest absolute Gasteiger partial charge is 0.317 e. The standard InChI is InChI=1S/C19H23ClFN3.ClH/c20-16-7-6-15(19(21)12-16)13-24(14-17-4-1-2-10-23-17)18-5-3-9-22-11-8-18;/h1-2,4,6-7,10,12,18,22H,3,5,8-9,11,13-14H2;1H. The second kappa shape index (κ2) is 10.1. The van der Waals surface area contributed by atoms with Crippen molar-refractivity contribution in [3.63, 3.8) is 0 Å². The molecule has 136 valence electrons. The zero-order valence-corrected chi connectivity index (χ0v) is 15.7. The van der Waals surface area contributed by atoms with Crippen molar-refractivity contribution in [2.24, 2.45) is 0 Å². The van der Waals surface area contributed by atoms with Crippen LogP contribution in [0.2, 0.25) is 5.02 Å². The van der Waals surface area contributed by atoms with Gasteiger partial charge < -0.3 is 5.32 Å². The molecule has 0 saturated carbocycles. The summed E-state index contributed by atoms with van der Waals surface area (Å²) < 4.78 is 14.3. The van der Waals surface area contributed by atoms with Crippen LogP contribution < -0.4 is 5.32 Å². The van der Waals surface area contributed by atoms with E-state index in [0.717, 1.165) is 44.6 Å². The third kappa shape index (κ3) is 5.93. The highest BCUT2D eigenvalue weighted by Crippen LogP contribution is 2.22. The van der Waals surface area contributed by atoms with Crippen LogP contribution >= 0.6 is 24.0 Å². The van der Waals surface area contributed by atoms with Crippen LogP contribution in [0, 0.1) is 5.82 Å². The number of hydrogen-bond donors (Lipinski definition) is 1. The summed E-state index contributed by atoms with van der Waals surface area (Å²) in [5.74, 6) is -0.236. The van der Waals surface area contributed by atoms with Crippen LogP contribution in [0.1, 0.15) is 30.5 Å². The van der Waals surface area contributed by atoms with Gasteiger partial charge in [0.25, 0.3) is 0 Å². The molecule has 1 saturated heterocycles. The molecule has 1 fully saturated rings. The first kappa shape index (κ1) is 20.1. The van der Waals surface area contributed by atoms with Crippen molar-refractivity contribution in [1.82, 2.24) is 15.2 Å². The summed E-state index contributed by atoms with van der Waals surface area (Å²) >= 11 is 5.88. The summed E-state index contributed by atoms with van der Waals surface area (Å²) in [7, 11) is 0. The molecular formula is C19H24Cl2FN3. The Morgan fingerprint density at radius 2 is 2.04 bits per heavy atom. The van der Waals surface area contributed by atoms with E-state index in [1.807, 2.05) is 24.4 Å². The first-order valence-corrected chi connectivity index (χ1v) is 8.89. The van der Waals surface area contributed by atoms with Gasteiger partial charge in [-0.05, 0) is 56.6 Å². The van der Waals surface area contributed by atoms with Gasteiger partial charge in [-0.1, -0.05) is 23.7 Å². The lowest BCUT2D eigenvalue weighted by molar-refractivity contribution is 0.160. The van der Waals surface area contributed by atoms with Crippen molar-refractivity contribution >= 4 is 24.0 Å². The Bertz CT molecular complexity index is 646. The van der Waals surface area contributed by atoms with E-state index in [1.54, 1.807) is 12.1 Å². The predicted molar refractivity (Wildman–Crippen MR) is 103 cm³/mol. The lowest BCUT2D eigenvalue weighted by Crippen LogP contribution is -2.35. The van der Waals surface area contributed by atoms with E-state index in [9.17, 15) is 4.39 Å². The van der Waals surface area contributed by atoms with Gasteiger partial charge in [-0.2, -0.15) is 0 Å². The maximum absolute atomic E-state index is 14.3. The van der Waals surface area contributed by atoms with Gasteiger partial charge in [0, 0.05) is 35.9 Å². The number of aromatic nitrogens is 1. The molecule has 1 aromatic carbocycles. The predicted octanol–water partition coefficient (Wildman–Crippen LogP) is 4.44. The molecule has 0 radical (unpaired) electrons. The SMILES string of the molecule is Cl.Fc1cc(Cl)ccc1CN(Cc1ccccn1)C1CCCNCC1. The number of pyridine rings is 1. The average Bonchev–Trinajstić information content (AvgIpc) is 2.87. The fraction of sp³-hybridized carbons (Fsp3) is 0.421. The summed E-state index contributed by atoms with van der Waals surface area (Å²) in [5.41, 5.74) is 1.71. The van der Waals surface area contributed by atoms with E-state index >= 15 is 0 Å². The van der Waals surface area contributed by atoms with E-state index in [1.165, 1.54) is 6.07 Å². The minimum atomic E-state index is -0.236.